The number of fused-ring (bicyclic) bond motifs is 3. The quantitative estimate of drug-likeness (QED) is 0.635. The van der Waals surface area contributed by atoms with Crippen molar-refractivity contribution in [2.75, 3.05) is 19.5 Å². The highest BCUT2D eigenvalue weighted by atomic mass is 32.2. The van der Waals surface area contributed by atoms with Gasteiger partial charge < -0.3 is 10.1 Å². The third-order valence-electron chi connectivity index (χ3n) is 4.29. The van der Waals surface area contributed by atoms with Crippen LogP contribution in [0.3, 0.4) is 0 Å². The van der Waals surface area contributed by atoms with Gasteiger partial charge in [-0.1, -0.05) is 30.8 Å². The van der Waals surface area contributed by atoms with Crippen molar-refractivity contribution in [1.29, 1.82) is 5.26 Å². The molecule has 1 atom stereocenters. The van der Waals surface area contributed by atoms with Gasteiger partial charge in [-0.3, -0.25) is 9.20 Å². The van der Waals surface area contributed by atoms with Crippen LogP contribution in [0.1, 0.15) is 25.0 Å². The lowest BCUT2D eigenvalue weighted by Gasteiger charge is -2.14. The number of amides is 1. The normalized spacial score (nSPS) is 12.2. The van der Waals surface area contributed by atoms with E-state index < -0.39 is 0 Å². The van der Waals surface area contributed by atoms with Crippen LogP contribution in [0.15, 0.2) is 35.4 Å². The molecule has 0 fully saturated rings. The zero-order chi connectivity index (χ0) is 19.4. The molecular weight excluding hydrogens is 360 g/mol. The number of imidazole rings is 1. The fourth-order valence-electron chi connectivity index (χ4n) is 3.10. The number of methoxy groups -OCH3 is 1. The maximum atomic E-state index is 12.3. The van der Waals surface area contributed by atoms with Crippen molar-refractivity contribution in [1.82, 2.24) is 14.7 Å². The molecule has 1 N–H and O–H groups in total. The average Bonchev–Trinajstić information content (AvgIpc) is 3.05. The van der Waals surface area contributed by atoms with Crippen LogP contribution in [0.25, 0.3) is 16.7 Å². The molecule has 0 saturated heterocycles. The summed E-state index contributed by atoms with van der Waals surface area (Å²) in [6, 6.07) is 12.0. The van der Waals surface area contributed by atoms with E-state index in [0.717, 1.165) is 28.0 Å². The molecule has 0 bridgehead atoms. The number of carbonyl (C=O) groups is 1. The molecule has 1 aromatic carbocycles. The number of ether oxygens (including phenoxy) is 1. The van der Waals surface area contributed by atoms with Gasteiger partial charge in [0.25, 0.3) is 0 Å². The standard InChI is InChI=1S/C20H22N4O2S/c1-4-14-9-19(27-12-18(25)22-13(2)11-26-3)24-17-8-6-5-7-16(17)23-20(24)15(14)10-21/h5-9,13H,4,11-12H2,1-3H3,(H,22,25)/t13-/m0/s1. The maximum absolute atomic E-state index is 12.3. The number of para-hydroxylation sites is 2. The molecule has 0 aliphatic rings. The number of aryl methyl sites for hydroxylation is 1. The third kappa shape index (κ3) is 3.92. The molecule has 140 valence electrons. The molecule has 3 rings (SSSR count). The molecule has 27 heavy (non-hydrogen) atoms. The minimum absolute atomic E-state index is 0.0376. The summed E-state index contributed by atoms with van der Waals surface area (Å²) in [7, 11) is 1.61. The first-order valence-electron chi connectivity index (χ1n) is 8.83. The Labute approximate surface area is 162 Å². The van der Waals surface area contributed by atoms with Crippen LogP contribution in [0.5, 0.6) is 0 Å². The van der Waals surface area contributed by atoms with Gasteiger partial charge in [0.1, 0.15) is 6.07 Å². The fourth-order valence-corrected chi connectivity index (χ4v) is 4.00. The van der Waals surface area contributed by atoms with Crippen molar-refractivity contribution in [3.05, 3.63) is 41.5 Å². The van der Waals surface area contributed by atoms with E-state index in [1.807, 2.05) is 48.6 Å². The minimum Gasteiger partial charge on any atom is -0.383 e. The van der Waals surface area contributed by atoms with Crippen molar-refractivity contribution >= 4 is 34.3 Å². The molecule has 0 spiro atoms. The van der Waals surface area contributed by atoms with E-state index in [9.17, 15) is 10.1 Å². The van der Waals surface area contributed by atoms with Crippen LogP contribution in [0, 0.1) is 11.3 Å². The summed E-state index contributed by atoms with van der Waals surface area (Å²) in [6.45, 7) is 4.40. The van der Waals surface area contributed by atoms with Gasteiger partial charge >= 0.3 is 0 Å². The Balaban J connectivity index is 1.99. The van der Waals surface area contributed by atoms with Gasteiger partial charge in [-0.25, -0.2) is 4.98 Å². The van der Waals surface area contributed by atoms with Crippen LogP contribution < -0.4 is 5.32 Å². The zero-order valence-electron chi connectivity index (χ0n) is 15.7. The highest BCUT2D eigenvalue weighted by Gasteiger charge is 2.17. The highest BCUT2D eigenvalue weighted by molar-refractivity contribution is 7.99. The van der Waals surface area contributed by atoms with Gasteiger partial charge in [0.05, 0.1) is 34.0 Å². The van der Waals surface area contributed by atoms with E-state index in [4.69, 9.17) is 4.74 Å². The molecular formula is C20H22N4O2S. The molecule has 2 heterocycles. The number of hydrogen-bond acceptors (Lipinski definition) is 5. The number of nitriles is 1. The van der Waals surface area contributed by atoms with E-state index in [1.165, 1.54) is 11.8 Å². The lowest BCUT2D eigenvalue weighted by molar-refractivity contribution is -0.119. The van der Waals surface area contributed by atoms with Crippen LogP contribution >= 0.6 is 11.8 Å². The number of hydrogen-bond donors (Lipinski definition) is 1. The number of rotatable bonds is 7. The lowest BCUT2D eigenvalue weighted by Crippen LogP contribution is -2.36. The SMILES string of the molecule is CCc1cc(SCC(=O)N[C@@H](C)COC)n2c(nc3ccccc32)c1C#N. The van der Waals surface area contributed by atoms with Crippen LogP contribution in [-0.2, 0) is 16.0 Å². The molecule has 7 heteroatoms. The molecule has 0 saturated carbocycles. The number of carbonyl (C=O) groups excluding carboxylic acids is 1. The van der Waals surface area contributed by atoms with Crippen molar-refractivity contribution < 1.29 is 9.53 Å². The Bertz CT molecular complexity index is 1020. The van der Waals surface area contributed by atoms with Gasteiger partial charge in [0.15, 0.2) is 5.65 Å². The third-order valence-corrected chi connectivity index (χ3v) is 5.29. The largest absolute Gasteiger partial charge is 0.383 e. The van der Waals surface area contributed by atoms with Crippen molar-refractivity contribution in [2.24, 2.45) is 0 Å². The summed E-state index contributed by atoms with van der Waals surface area (Å²) < 4.78 is 7.03. The Morgan fingerprint density at radius 1 is 1.44 bits per heavy atom. The average molecular weight is 382 g/mol. The number of nitrogens with zero attached hydrogens (tertiary/aromatic N) is 3. The Kier molecular flexibility index (Phi) is 5.99. The van der Waals surface area contributed by atoms with Crippen molar-refractivity contribution in [3.8, 4) is 6.07 Å². The zero-order valence-corrected chi connectivity index (χ0v) is 16.5. The summed E-state index contributed by atoms with van der Waals surface area (Å²) in [5, 5.41) is 13.5. The molecule has 0 radical (unpaired) electrons. The van der Waals surface area contributed by atoms with E-state index in [-0.39, 0.29) is 17.7 Å². The Morgan fingerprint density at radius 2 is 2.22 bits per heavy atom. The predicted molar refractivity (Wildman–Crippen MR) is 107 cm³/mol. The maximum Gasteiger partial charge on any atom is 0.230 e. The smallest absolute Gasteiger partial charge is 0.230 e. The molecule has 0 unspecified atom stereocenters. The van der Waals surface area contributed by atoms with Gasteiger partial charge in [0, 0.05) is 13.2 Å². The van der Waals surface area contributed by atoms with Gasteiger partial charge in [-0.15, -0.1) is 0 Å². The van der Waals surface area contributed by atoms with E-state index in [1.54, 1.807) is 7.11 Å². The van der Waals surface area contributed by atoms with Crippen LogP contribution in [0.4, 0.5) is 0 Å². The van der Waals surface area contributed by atoms with Crippen molar-refractivity contribution in [3.63, 3.8) is 0 Å². The topological polar surface area (TPSA) is 79.4 Å². The van der Waals surface area contributed by atoms with E-state index in [2.05, 4.69) is 16.4 Å². The second-order valence-corrected chi connectivity index (χ2v) is 7.32. The molecule has 0 aliphatic carbocycles. The summed E-state index contributed by atoms with van der Waals surface area (Å²) >= 11 is 1.45. The van der Waals surface area contributed by atoms with E-state index >= 15 is 0 Å². The first kappa shape index (κ1) is 19.2. The number of nitrogens with one attached hydrogen (secondary N) is 1. The van der Waals surface area contributed by atoms with Crippen molar-refractivity contribution in [2.45, 2.75) is 31.3 Å². The lowest BCUT2D eigenvalue weighted by atomic mass is 10.1. The number of aromatic nitrogens is 2. The first-order chi connectivity index (χ1) is 13.1. The number of benzene rings is 1. The summed E-state index contributed by atoms with van der Waals surface area (Å²) in [4.78, 5) is 16.9. The van der Waals surface area contributed by atoms with Gasteiger partial charge in [-0.2, -0.15) is 5.26 Å². The molecule has 3 aromatic rings. The Hall–Kier alpha value is -2.56. The van der Waals surface area contributed by atoms with E-state index in [0.29, 0.717) is 17.8 Å². The summed E-state index contributed by atoms with van der Waals surface area (Å²) in [5.41, 5.74) is 3.95. The first-order valence-corrected chi connectivity index (χ1v) is 9.81. The van der Waals surface area contributed by atoms with Gasteiger partial charge in [0.2, 0.25) is 5.91 Å². The number of thioether (sulfide) groups is 1. The highest BCUT2D eigenvalue weighted by Crippen LogP contribution is 2.29. The van der Waals surface area contributed by atoms with Crippen LogP contribution in [-0.4, -0.2) is 40.8 Å². The monoisotopic (exact) mass is 382 g/mol. The van der Waals surface area contributed by atoms with Crippen LogP contribution in [0.2, 0.25) is 0 Å². The summed E-state index contributed by atoms with van der Waals surface area (Å²) in [6.07, 6.45) is 0.729. The molecule has 1 amide bonds. The summed E-state index contributed by atoms with van der Waals surface area (Å²) in [5.74, 6) is 0.231. The fraction of sp³-hybridized carbons (Fsp3) is 0.350. The minimum atomic E-state index is -0.0514. The second kappa shape index (κ2) is 8.42. The second-order valence-electron chi connectivity index (χ2n) is 6.32. The number of pyridine rings is 1. The van der Waals surface area contributed by atoms with Gasteiger partial charge in [-0.05, 0) is 37.1 Å². The molecule has 0 aliphatic heterocycles. The molecule has 6 nitrogen and oxygen atoms in total. The predicted octanol–water partition coefficient (Wildman–Crippen LogP) is 3.16. The Morgan fingerprint density at radius 3 is 2.93 bits per heavy atom. The molecule has 2 aromatic heterocycles.